The minimum atomic E-state index is -0.397. The van der Waals surface area contributed by atoms with Gasteiger partial charge in [0.25, 0.3) is 5.56 Å². The summed E-state index contributed by atoms with van der Waals surface area (Å²) in [5.41, 5.74) is 5.39. The quantitative estimate of drug-likeness (QED) is 0.489. The molecule has 0 saturated heterocycles. The fourth-order valence-corrected chi connectivity index (χ4v) is 3.59. The van der Waals surface area contributed by atoms with E-state index in [1.165, 1.54) is 11.8 Å². The lowest BCUT2D eigenvalue weighted by Crippen LogP contribution is -2.26. The summed E-state index contributed by atoms with van der Waals surface area (Å²) in [6.45, 7) is 6.19. The average molecular weight is 402 g/mol. The minimum absolute atomic E-state index is 0.217. The van der Waals surface area contributed by atoms with Crippen molar-refractivity contribution in [2.75, 3.05) is 7.11 Å². The maximum absolute atomic E-state index is 13.3. The Morgan fingerprint density at radius 1 is 1.07 bits per heavy atom. The van der Waals surface area contributed by atoms with Gasteiger partial charge in [-0.1, -0.05) is 29.8 Å². The molecule has 0 aliphatic carbocycles. The first-order valence-electron chi connectivity index (χ1n) is 9.59. The second-order valence-corrected chi connectivity index (χ2v) is 7.35. The highest BCUT2D eigenvalue weighted by molar-refractivity contribution is 5.89. The number of aryl methyl sites for hydroxylation is 3. The van der Waals surface area contributed by atoms with Crippen molar-refractivity contribution in [1.29, 1.82) is 0 Å². The molecule has 4 aromatic rings. The third-order valence-electron chi connectivity index (χ3n) is 5.15. The van der Waals surface area contributed by atoms with Gasteiger partial charge in [0.2, 0.25) is 0 Å². The molecule has 0 atom stereocenters. The highest BCUT2D eigenvalue weighted by Crippen LogP contribution is 2.21. The Morgan fingerprint density at radius 3 is 2.47 bits per heavy atom. The molecule has 4 rings (SSSR count). The number of nitrogens with zero attached hydrogens (tertiary/aromatic N) is 4. The summed E-state index contributed by atoms with van der Waals surface area (Å²) in [5.74, 6) is -0.397. The van der Waals surface area contributed by atoms with E-state index in [0.29, 0.717) is 11.1 Å². The molecule has 2 heterocycles. The standard InChI is InChI=1S/C23H22N4O3/c1-14-5-10-20(15(2)11-14)27-21-19(12-24-27)16(3)25-26(22(21)28)13-17-6-8-18(9-7-17)23(29)30-4/h5-12H,13H2,1-4H3. The fourth-order valence-electron chi connectivity index (χ4n) is 3.59. The molecule has 0 spiro atoms. The summed E-state index contributed by atoms with van der Waals surface area (Å²) in [6, 6.07) is 13.0. The van der Waals surface area contributed by atoms with Gasteiger partial charge in [-0.15, -0.1) is 0 Å². The zero-order chi connectivity index (χ0) is 21.4. The fraction of sp³-hybridized carbons (Fsp3) is 0.217. The van der Waals surface area contributed by atoms with Crippen molar-refractivity contribution in [1.82, 2.24) is 19.6 Å². The topological polar surface area (TPSA) is 79.0 Å². The maximum atomic E-state index is 13.3. The third-order valence-corrected chi connectivity index (χ3v) is 5.15. The second-order valence-electron chi connectivity index (χ2n) is 7.35. The van der Waals surface area contributed by atoms with Crippen molar-refractivity contribution in [3.63, 3.8) is 0 Å². The van der Waals surface area contributed by atoms with Gasteiger partial charge in [-0.25, -0.2) is 14.2 Å². The molecular weight excluding hydrogens is 380 g/mol. The third kappa shape index (κ3) is 3.39. The number of esters is 1. The van der Waals surface area contributed by atoms with Crippen LogP contribution >= 0.6 is 0 Å². The summed E-state index contributed by atoms with van der Waals surface area (Å²) in [7, 11) is 1.34. The first kappa shape index (κ1) is 19.6. The van der Waals surface area contributed by atoms with Crippen LogP contribution in [0.4, 0.5) is 0 Å². The predicted octanol–water partition coefficient (Wildman–Crippen LogP) is 3.34. The van der Waals surface area contributed by atoms with Crippen LogP contribution in [0.25, 0.3) is 16.6 Å². The van der Waals surface area contributed by atoms with Gasteiger partial charge in [0, 0.05) is 5.39 Å². The van der Waals surface area contributed by atoms with Gasteiger partial charge in [-0.05, 0) is 50.1 Å². The molecule has 2 aromatic heterocycles. The molecule has 0 amide bonds. The normalized spacial score (nSPS) is 11.1. The molecule has 0 saturated carbocycles. The SMILES string of the molecule is COC(=O)c1ccc(Cn2nc(C)c3cnn(-c4ccc(C)cc4C)c3c2=O)cc1. The van der Waals surface area contributed by atoms with E-state index in [2.05, 4.69) is 16.3 Å². The largest absolute Gasteiger partial charge is 0.465 e. The monoisotopic (exact) mass is 402 g/mol. The van der Waals surface area contributed by atoms with Gasteiger partial charge in [0.15, 0.2) is 0 Å². The number of benzene rings is 2. The Balaban J connectivity index is 1.79. The van der Waals surface area contributed by atoms with E-state index in [-0.39, 0.29) is 12.1 Å². The molecular formula is C23H22N4O3. The number of carbonyl (C=O) groups is 1. The molecule has 30 heavy (non-hydrogen) atoms. The van der Waals surface area contributed by atoms with E-state index < -0.39 is 5.97 Å². The molecule has 0 unspecified atom stereocenters. The van der Waals surface area contributed by atoms with E-state index >= 15 is 0 Å². The van der Waals surface area contributed by atoms with Gasteiger partial charge < -0.3 is 4.74 Å². The van der Waals surface area contributed by atoms with Crippen molar-refractivity contribution < 1.29 is 9.53 Å². The van der Waals surface area contributed by atoms with Crippen LogP contribution in [-0.4, -0.2) is 32.6 Å². The van der Waals surface area contributed by atoms with Crippen molar-refractivity contribution >= 4 is 16.9 Å². The summed E-state index contributed by atoms with van der Waals surface area (Å²) < 4.78 is 7.85. The van der Waals surface area contributed by atoms with Crippen LogP contribution < -0.4 is 5.56 Å². The van der Waals surface area contributed by atoms with Gasteiger partial charge in [-0.2, -0.15) is 10.2 Å². The first-order valence-corrected chi connectivity index (χ1v) is 9.59. The molecule has 0 aliphatic heterocycles. The molecule has 0 fully saturated rings. The van der Waals surface area contributed by atoms with E-state index in [0.717, 1.165) is 33.5 Å². The summed E-state index contributed by atoms with van der Waals surface area (Å²) in [4.78, 5) is 24.9. The molecule has 152 valence electrons. The number of rotatable bonds is 4. The summed E-state index contributed by atoms with van der Waals surface area (Å²) in [5, 5.41) is 9.68. The number of ether oxygens (including phenoxy) is 1. The van der Waals surface area contributed by atoms with Gasteiger partial charge in [0.1, 0.15) is 5.52 Å². The first-order chi connectivity index (χ1) is 14.4. The maximum Gasteiger partial charge on any atom is 0.337 e. The lowest BCUT2D eigenvalue weighted by molar-refractivity contribution is 0.0600. The Bertz CT molecular complexity index is 1320. The summed E-state index contributed by atoms with van der Waals surface area (Å²) >= 11 is 0. The Kier molecular flexibility index (Phi) is 4.95. The second kappa shape index (κ2) is 7.59. The van der Waals surface area contributed by atoms with Crippen LogP contribution in [0.5, 0.6) is 0 Å². The Hall–Kier alpha value is -3.74. The van der Waals surface area contributed by atoms with Crippen molar-refractivity contribution in [3.8, 4) is 5.69 Å². The Morgan fingerprint density at radius 2 is 1.80 bits per heavy atom. The van der Waals surface area contributed by atoms with Gasteiger partial charge >= 0.3 is 5.97 Å². The van der Waals surface area contributed by atoms with Gasteiger partial charge in [0.05, 0.1) is 36.8 Å². The van der Waals surface area contributed by atoms with Crippen LogP contribution in [0, 0.1) is 20.8 Å². The highest BCUT2D eigenvalue weighted by Gasteiger charge is 2.16. The van der Waals surface area contributed by atoms with E-state index in [9.17, 15) is 9.59 Å². The molecule has 7 nitrogen and oxygen atoms in total. The van der Waals surface area contributed by atoms with Crippen LogP contribution in [0.2, 0.25) is 0 Å². The number of methoxy groups -OCH3 is 1. The van der Waals surface area contributed by atoms with Crippen molar-refractivity contribution in [2.45, 2.75) is 27.3 Å². The van der Waals surface area contributed by atoms with E-state index in [1.807, 2.05) is 32.9 Å². The predicted molar refractivity (Wildman–Crippen MR) is 114 cm³/mol. The zero-order valence-electron chi connectivity index (χ0n) is 17.3. The number of aromatic nitrogens is 4. The van der Waals surface area contributed by atoms with Crippen LogP contribution in [0.3, 0.4) is 0 Å². The van der Waals surface area contributed by atoms with Crippen LogP contribution in [0.15, 0.2) is 53.5 Å². The highest BCUT2D eigenvalue weighted by atomic mass is 16.5. The van der Waals surface area contributed by atoms with E-state index in [1.54, 1.807) is 35.1 Å². The molecule has 0 radical (unpaired) electrons. The number of carbonyl (C=O) groups excluding carboxylic acids is 1. The molecule has 2 aromatic carbocycles. The molecule has 7 heteroatoms. The lowest BCUT2D eigenvalue weighted by Gasteiger charge is -2.11. The minimum Gasteiger partial charge on any atom is -0.465 e. The average Bonchev–Trinajstić information content (AvgIpc) is 3.17. The summed E-state index contributed by atoms with van der Waals surface area (Å²) in [6.07, 6.45) is 1.69. The van der Waals surface area contributed by atoms with Crippen molar-refractivity contribution in [2.24, 2.45) is 0 Å². The number of hydrogen-bond donors (Lipinski definition) is 0. The Labute approximate surface area is 173 Å². The van der Waals surface area contributed by atoms with Crippen LogP contribution in [0.1, 0.15) is 32.7 Å². The smallest absolute Gasteiger partial charge is 0.337 e. The zero-order valence-corrected chi connectivity index (χ0v) is 17.3. The lowest BCUT2D eigenvalue weighted by atomic mass is 10.1. The number of fused-ring (bicyclic) bond motifs is 1. The van der Waals surface area contributed by atoms with Gasteiger partial charge in [-0.3, -0.25) is 4.79 Å². The molecule has 0 N–H and O–H groups in total. The van der Waals surface area contributed by atoms with Crippen LogP contribution in [-0.2, 0) is 11.3 Å². The molecule has 0 aliphatic rings. The van der Waals surface area contributed by atoms with E-state index in [4.69, 9.17) is 4.74 Å². The number of hydrogen-bond acceptors (Lipinski definition) is 5. The van der Waals surface area contributed by atoms with Crippen molar-refractivity contribution in [3.05, 3.63) is 87.0 Å². The molecule has 0 bridgehead atoms.